The van der Waals surface area contributed by atoms with Gasteiger partial charge in [-0.15, -0.1) is 0 Å². The van der Waals surface area contributed by atoms with Crippen LogP contribution in [0.25, 0.3) is 0 Å². The highest BCUT2D eigenvalue weighted by molar-refractivity contribution is 6.06. The summed E-state index contributed by atoms with van der Waals surface area (Å²) < 4.78 is 14.2. The molecule has 208 valence electrons. The summed E-state index contributed by atoms with van der Waals surface area (Å²) >= 11 is 0. The maximum absolute atomic E-state index is 14.2. The number of hydrogen-bond donors (Lipinski definition) is 2. The molecule has 0 aromatic heterocycles. The van der Waals surface area contributed by atoms with Gasteiger partial charge in [-0.3, -0.25) is 9.59 Å². The number of piperidine rings is 1. The van der Waals surface area contributed by atoms with E-state index in [-0.39, 0.29) is 17.5 Å². The van der Waals surface area contributed by atoms with E-state index in [1.54, 1.807) is 23.1 Å². The van der Waals surface area contributed by atoms with E-state index in [9.17, 15) is 18.8 Å². The molecule has 9 heteroatoms. The zero-order chi connectivity index (χ0) is 28.1. The second kappa shape index (κ2) is 12.2. The molecule has 5 rings (SSSR count). The molecule has 0 bridgehead atoms. The van der Waals surface area contributed by atoms with Gasteiger partial charge >= 0.3 is 6.03 Å². The molecule has 3 aromatic carbocycles. The third-order valence-corrected chi connectivity index (χ3v) is 7.46. The number of aryl methyl sites for hydroxylation is 1. The summed E-state index contributed by atoms with van der Waals surface area (Å²) in [5.74, 6) is -1.27. The Bertz CT molecular complexity index is 1380. The molecule has 0 spiro atoms. The lowest BCUT2D eigenvalue weighted by Gasteiger charge is -2.37. The number of rotatable bonds is 5. The van der Waals surface area contributed by atoms with Gasteiger partial charge in [0.1, 0.15) is 5.82 Å². The summed E-state index contributed by atoms with van der Waals surface area (Å²) in [6, 6.07) is 18.6. The quantitative estimate of drug-likeness (QED) is 0.453. The fourth-order valence-corrected chi connectivity index (χ4v) is 5.16. The number of benzene rings is 3. The highest BCUT2D eigenvalue weighted by Crippen LogP contribution is 2.29. The predicted octanol–water partition coefficient (Wildman–Crippen LogP) is 5.37. The van der Waals surface area contributed by atoms with Crippen molar-refractivity contribution in [2.24, 2.45) is 0 Å². The maximum Gasteiger partial charge on any atom is 0.321 e. The molecule has 2 aliphatic heterocycles. The Kier molecular flexibility index (Phi) is 8.28. The summed E-state index contributed by atoms with van der Waals surface area (Å²) in [5.41, 5.74) is 3.49. The number of hydrogen-bond acceptors (Lipinski definition) is 4. The van der Waals surface area contributed by atoms with Crippen molar-refractivity contribution in [2.45, 2.75) is 26.2 Å². The minimum atomic E-state index is -0.606. The van der Waals surface area contributed by atoms with Crippen molar-refractivity contribution in [1.29, 1.82) is 0 Å². The van der Waals surface area contributed by atoms with Gasteiger partial charge in [-0.25, -0.2) is 9.18 Å². The first-order valence-corrected chi connectivity index (χ1v) is 13.8. The lowest BCUT2D eigenvalue weighted by Crippen LogP contribution is -2.50. The number of carbonyl (C=O) groups excluding carboxylic acids is 3. The average Bonchev–Trinajstić information content (AvgIpc) is 2.98. The number of likely N-dealkylation sites (tertiary alicyclic amines) is 1. The number of piperazine rings is 1. The first-order valence-electron chi connectivity index (χ1n) is 13.8. The average molecular weight is 544 g/mol. The predicted molar refractivity (Wildman–Crippen MR) is 155 cm³/mol. The molecular weight excluding hydrogens is 509 g/mol. The largest absolute Gasteiger partial charge is 0.367 e. The molecule has 2 heterocycles. The van der Waals surface area contributed by atoms with E-state index in [1.807, 2.05) is 42.2 Å². The number of carbonyl (C=O) groups is 3. The van der Waals surface area contributed by atoms with Gasteiger partial charge in [-0.05, 0) is 68.7 Å². The summed E-state index contributed by atoms with van der Waals surface area (Å²) in [6.07, 6.45) is 3.01. The summed E-state index contributed by atoms with van der Waals surface area (Å²) in [7, 11) is 0. The van der Waals surface area contributed by atoms with E-state index >= 15 is 0 Å². The molecule has 4 amide bonds. The molecule has 0 atom stereocenters. The lowest BCUT2D eigenvalue weighted by molar-refractivity contribution is 0.0724. The molecule has 0 saturated carbocycles. The topological polar surface area (TPSA) is 85.0 Å². The molecule has 0 aliphatic carbocycles. The molecule has 8 nitrogen and oxygen atoms in total. The van der Waals surface area contributed by atoms with Gasteiger partial charge in [0, 0.05) is 56.3 Å². The lowest BCUT2D eigenvalue weighted by atomic mass is 10.1. The molecule has 2 saturated heterocycles. The van der Waals surface area contributed by atoms with Crippen LogP contribution in [0.3, 0.4) is 0 Å². The number of amides is 4. The Morgan fingerprint density at radius 3 is 2.08 bits per heavy atom. The number of urea groups is 1. The van der Waals surface area contributed by atoms with Crippen molar-refractivity contribution < 1.29 is 18.8 Å². The van der Waals surface area contributed by atoms with Crippen LogP contribution in [0, 0.1) is 12.7 Å². The first kappa shape index (κ1) is 27.2. The molecule has 2 N–H and O–H groups in total. The van der Waals surface area contributed by atoms with E-state index in [0.717, 1.165) is 36.2 Å². The summed E-state index contributed by atoms with van der Waals surface area (Å²) in [4.78, 5) is 45.0. The SMILES string of the molecule is Cc1ccc(NC(=O)N2CCN(c3ccc(NC(=O)c4ccccc4F)cc3C(=O)N3CCCCC3)CC2)cc1. The molecule has 40 heavy (non-hydrogen) atoms. The minimum absolute atomic E-state index is 0.0597. The molecule has 2 fully saturated rings. The van der Waals surface area contributed by atoms with E-state index in [0.29, 0.717) is 50.5 Å². The standard InChI is InChI=1S/C31H34FN5O3/c1-22-9-11-23(12-10-22)34-31(40)37-19-17-35(18-20-37)28-14-13-24(33-29(38)25-7-3-4-8-27(25)32)21-26(28)30(39)36-15-5-2-6-16-36/h3-4,7-14,21H,2,5-6,15-20H2,1H3,(H,33,38)(H,34,40). The monoisotopic (exact) mass is 543 g/mol. The van der Waals surface area contributed by atoms with Crippen molar-refractivity contribution in [3.05, 3.63) is 89.2 Å². The molecule has 3 aromatic rings. The summed E-state index contributed by atoms with van der Waals surface area (Å²) in [5, 5.41) is 5.70. The first-order chi connectivity index (χ1) is 19.4. The van der Waals surface area contributed by atoms with Gasteiger partial charge in [0.25, 0.3) is 11.8 Å². The number of anilines is 3. The fourth-order valence-electron chi connectivity index (χ4n) is 5.16. The van der Waals surface area contributed by atoms with Crippen LogP contribution in [0.1, 0.15) is 45.5 Å². The second-order valence-corrected chi connectivity index (χ2v) is 10.3. The smallest absolute Gasteiger partial charge is 0.321 e. The third kappa shape index (κ3) is 6.25. The van der Waals surface area contributed by atoms with Crippen LogP contribution in [-0.4, -0.2) is 66.9 Å². The van der Waals surface area contributed by atoms with Crippen molar-refractivity contribution >= 4 is 34.9 Å². The van der Waals surface area contributed by atoms with E-state index < -0.39 is 11.7 Å². The van der Waals surface area contributed by atoms with Gasteiger partial charge in [0.2, 0.25) is 0 Å². The fraction of sp³-hybridized carbons (Fsp3) is 0.323. The van der Waals surface area contributed by atoms with Crippen LogP contribution in [0.4, 0.5) is 26.2 Å². The van der Waals surface area contributed by atoms with Crippen molar-refractivity contribution in [3.63, 3.8) is 0 Å². The van der Waals surface area contributed by atoms with Crippen LogP contribution in [0.2, 0.25) is 0 Å². The highest BCUT2D eigenvalue weighted by Gasteiger charge is 2.27. The minimum Gasteiger partial charge on any atom is -0.367 e. The van der Waals surface area contributed by atoms with Gasteiger partial charge in [0.05, 0.1) is 11.1 Å². The van der Waals surface area contributed by atoms with Gasteiger partial charge in [-0.2, -0.15) is 0 Å². The van der Waals surface area contributed by atoms with Crippen LogP contribution < -0.4 is 15.5 Å². The Labute approximate surface area is 233 Å². The van der Waals surface area contributed by atoms with Crippen molar-refractivity contribution in [2.75, 3.05) is 54.8 Å². The second-order valence-electron chi connectivity index (χ2n) is 10.3. The van der Waals surface area contributed by atoms with E-state index in [4.69, 9.17) is 0 Å². The van der Waals surface area contributed by atoms with Gasteiger partial charge in [0.15, 0.2) is 0 Å². The number of halogens is 1. The molecule has 2 aliphatic rings. The zero-order valence-electron chi connectivity index (χ0n) is 22.7. The number of nitrogens with zero attached hydrogens (tertiary/aromatic N) is 3. The van der Waals surface area contributed by atoms with E-state index in [2.05, 4.69) is 15.5 Å². The van der Waals surface area contributed by atoms with Gasteiger partial charge in [-0.1, -0.05) is 29.8 Å². The highest BCUT2D eigenvalue weighted by atomic mass is 19.1. The Morgan fingerprint density at radius 1 is 0.700 bits per heavy atom. The van der Waals surface area contributed by atoms with Crippen molar-refractivity contribution in [3.8, 4) is 0 Å². The van der Waals surface area contributed by atoms with Crippen LogP contribution in [0.15, 0.2) is 66.7 Å². The normalized spacial score (nSPS) is 15.5. The zero-order valence-corrected chi connectivity index (χ0v) is 22.7. The Morgan fingerprint density at radius 2 is 1.38 bits per heavy atom. The van der Waals surface area contributed by atoms with Crippen LogP contribution in [0.5, 0.6) is 0 Å². The third-order valence-electron chi connectivity index (χ3n) is 7.46. The van der Waals surface area contributed by atoms with Crippen LogP contribution in [-0.2, 0) is 0 Å². The van der Waals surface area contributed by atoms with Crippen molar-refractivity contribution in [1.82, 2.24) is 9.80 Å². The molecular formula is C31H34FN5O3. The van der Waals surface area contributed by atoms with Crippen LogP contribution >= 0.6 is 0 Å². The molecule has 0 unspecified atom stereocenters. The molecule has 0 radical (unpaired) electrons. The van der Waals surface area contributed by atoms with Gasteiger partial charge < -0.3 is 25.3 Å². The maximum atomic E-state index is 14.2. The Balaban J connectivity index is 1.32. The summed E-state index contributed by atoms with van der Waals surface area (Å²) in [6.45, 7) is 5.50. The Hall–Kier alpha value is -4.40. The van der Waals surface area contributed by atoms with E-state index in [1.165, 1.54) is 18.2 Å². The number of nitrogens with one attached hydrogen (secondary N) is 2.